The van der Waals surface area contributed by atoms with Gasteiger partial charge in [0.1, 0.15) is 6.10 Å². The maximum atomic E-state index is 11.7. The van der Waals surface area contributed by atoms with E-state index in [0.717, 1.165) is 12.8 Å². The van der Waals surface area contributed by atoms with Gasteiger partial charge in [0, 0.05) is 0 Å². The molecule has 0 aromatic heterocycles. The lowest BCUT2D eigenvalue weighted by Crippen LogP contribution is -2.31. The minimum atomic E-state index is -0.952. The van der Waals surface area contributed by atoms with Crippen molar-refractivity contribution in [2.45, 2.75) is 31.8 Å². The molecule has 2 atom stereocenters. The van der Waals surface area contributed by atoms with Crippen molar-refractivity contribution in [2.75, 3.05) is 0 Å². The van der Waals surface area contributed by atoms with Crippen LogP contribution in [0, 0.1) is 5.92 Å². The molecule has 1 rings (SSSR count). The number of aliphatic carboxylic acids is 1. The zero-order valence-corrected chi connectivity index (χ0v) is 6.12. The van der Waals surface area contributed by atoms with Crippen molar-refractivity contribution in [3.8, 4) is 0 Å². The minimum absolute atomic E-state index is 0.521. The molecule has 1 fully saturated rings. The van der Waals surface area contributed by atoms with E-state index in [1.807, 2.05) is 0 Å². The molecule has 0 heterocycles. The van der Waals surface area contributed by atoms with Gasteiger partial charge >= 0.3 is 5.97 Å². The molecule has 0 aliphatic heterocycles. The molecule has 1 N–H and O–H groups in total. The van der Waals surface area contributed by atoms with Crippen LogP contribution in [0.1, 0.15) is 25.7 Å². The Morgan fingerprint density at radius 1 is 1.45 bits per heavy atom. The molecule has 0 bridgehead atoms. The Labute approximate surface area is 64.1 Å². The van der Waals surface area contributed by atoms with E-state index in [-0.39, 0.29) is 0 Å². The molecule has 11 heavy (non-hydrogen) atoms. The highest BCUT2D eigenvalue weighted by Crippen LogP contribution is 2.27. The van der Waals surface area contributed by atoms with Crippen LogP contribution in [0.3, 0.4) is 0 Å². The first-order valence-corrected chi connectivity index (χ1v) is 3.76. The van der Waals surface area contributed by atoms with Gasteiger partial charge in [-0.1, -0.05) is 12.8 Å². The first-order chi connectivity index (χ1) is 5.25. The Bertz CT molecular complexity index is 149. The van der Waals surface area contributed by atoms with E-state index in [1.165, 1.54) is 0 Å². The SMILES string of the molecule is O=C(O)C1CCCCC1OF. The molecule has 1 aliphatic carbocycles. The molecule has 0 amide bonds. The van der Waals surface area contributed by atoms with Crippen LogP contribution in [0.15, 0.2) is 0 Å². The fourth-order valence-corrected chi connectivity index (χ4v) is 1.49. The van der Waals surface area contributed by atoms with Gasteiger partial charge in [-0.05, 0) is 17.4 Å². The van der Waals surface area contributed by atoms with E-state index in [9.17, 15) is 9.32 Å². The zero-order chi connectivity index (χ0) is 8.27. The summed E-state index contributed by atoms with van der Waals surface area (Å²) in [6, 6.07) is 0. The Balaban J connectivity index is 2.51. The summed E-state index contributed by atoms with van der Waals surface area (Å²) in [6.45, 7) is 0. The molecule has 64 valence electrons. The molecule has 1 aliphatic rings. The van der Waals surface area contributed by atoms with Gasteiger partial charge in [-0.25, -0.2) is 0 Å². The fraction of sp³-hybridized carbons (Fsp3) is 0.857. The van der Waals surface area contributed by atoms with Crippen molar-refractivity contribution in [2.24, 2.45) is 5.92 Å². The summed E-state index contributed by atoms with van der Waals surface area (Å²) in [5.41, 5.74) is 0. The molecule has 0 aromatic carbocycles. The van der Waals surface area contributed by atoms with E-state index in [0.29, 0.717) is 12.8 Å². The van der Waals surface area contributed by atoms with Crippen molar-refractivity contribution in [1.82, 2.24) is 0 Å². The second-order valence-electron chi connectivity index (χ2n) is 2.86. The topological polar surface area (TPSA) is 46.5 Å². The number of carboxylic acids is 1. The maximum Gasteiger partial charge on any atom is 0.309 e. The van der Waals surface area contributed by atoms with Crippen LogP contribution in [-0.2, 0) is 9.74 Å². The van der Waals surface area contributed by atoms with Gasteiger partial charge in [0.25, 0.3) is 0 Å². The smallest absolute Gasteiger partial charge is 0.309 e. The van der Waals surface area contributed by atoms with Crippen LogP contribution in [0.25, 0.3) is 0 Å². The predicted molar refractivity (Wildman–Crippen MR) is 35.6 cm³/mol. The normalized spacial score (nSPS) is 31.7. The van der Waals surface area contributed by atoms with Crippen molar-refractivity contribution in [3.63, 3.8) is 0 Å². The highest BCUT2D eigenvalue weighted by Gasteiger charge is 2.32. The molecule has 0 spiro atoms. The van der Waals surface area contributed by atoms with Crippen molar-refractivity contribution < 1.29 is 19.4 Å². The lowest BCUT2D eigenvalue weighted by atomic mass is 9.87. The average Bonchev–Trinajstić information content (AvgIpc) is 2.04. The van der Waals surface area contributed by atoms with Gasteiger partial charge in [0.2, 0.25) is 0 Å². The van der Waals surface area contributed by atoms with Crippen LogP contribution < -0.4 is 0 Å². The van der Waals surface area contributed by atoms with Gasteiger partial charge in [-0.3, -0.25) is 4.79 Å². The van der Waals surface area contributed by atoms with Crippen molar-refractivity contribution >= 4 is 5.97 Å². The zero-order valence-electron chi connectivity index (χ0n) is 6.12. The van der Waals surface area contributed by atoms with Crippen molar-refractivity contribution in [3.05, 3.63) is 0 Å². The Hall–Kier alpha value is -0.640. The number of rotatable bonds is 2. The summed E-state index contributed by atoms with van der Waals surface area (Å²) >= 11 is 0. The third-order valence-corrected chi connectivity index (χ3v) is 2.13. The van der Waals surface area contributed by atoms with E-state index < -0.39 is 18.0 Å². The lowest BCUT2D eigenvalue weighted by molar-refractivity contribution is -0.209. The quantitative estimate of drug-likeness (QED) is 0.669. The Morgan fingerprint density at radius 3 is 2.55 bits per heavy atom. The summed E-state index contributed by atoms with van der Waals surface area (Å²) in [5, 5.41) is 8.59. The molecular weight excluding hydrogens is 151 g/mol. The monoisotopic (exact) mass is 162 g/mol. The summed E-state index contributed by atoms with van der Waals surface area (Å²) in [6.07, 6.45) is 2.05. The maximum absolute atomic E-state index is 11.7. The number of halogens is 1. The molecule has 3 nitrogen and oxygen atoms in total. The number of carboxylic acid groups (broad SMARTS) is 1. The highest BCUT2D eigenvalue weighted by atomic mass is 19.3. The fourth-order valence-electron chi connectivity index (χ4n) is 1.49. The minimum Gasteiger partial charge on any atom is -0.481 e. The third-order valence-electron chi connectivity index (χ3n) is 2.13. The van der Waals surface area contributed by atoms with Crippen LogP contribution in [0.4, 0.5) is 4.53 Å². The van der Waals surface area contributed by atoms with E-state index in [4.69, 9.17) is 5.11 Å². The first kappa shape index (κ1) is 8.46. The lowest BCUT2D eigenvalue weighted by Gasteiger charge is -2.24. The van der Waals surface area contributed by atoms with Crippen molar-refractivity contribution in [1.29, 1.82) is 0 Å². The van der Waals surface area contributed by atoms with Crippen LogP contribution in [0.5, 0.6) is 0 Å². The number of hydrogen-bond donors (Lipinski definition) is 1. The first-order valence-electron chi connectivity index (χ1n) is 3.76. The predicted octanol–water partition coefficient (Wildman–Crippen LogP) is 1.53. The highest BCUT2D eigenvalue weighted by molar-refractivity contribution is 5.70. The van der Waals surface area contributed by atoms with E-state index >= 15 is 0 Å². The van der Waals surface area contributed by atoms with Gasteiger partial charge in [-0.15, -0.1) is 0 Å². The summed E-state index contributed by atoms with van der Waals surface area (Å²) < 4.78 is 11.7. The summed E-state index contributed by atoms with van der Waals surface area (Å²) in [4.78, 5) is 14.1. The van der Waals surface area contributed by atoms with Gasteiger partial charge in [0.15, 0.2) is 0 Å². The van der Waals surface area contributed by atoms with Gasteiger partial charge in [-0.2, -0.15) is 4.94 Å². The second kappa shape index (κ2) is 3.67. The van der Waals surface area contributed by atoms with Crippen LogP contribution in [0.2, 0.25) is 0 Å². The molecule has 0 aromatic rings. The standard InChI is InChI=1S/C7H11FO3/c8-11-6-4-2-1-3-5(6)7(9)10/h5-6H,1-4H2,(H,9,10). The molecule has 0 radical (unpaired) electrons. The van der Waals surface area contributed by atoms with Gasteiger partial charge < -0.3 is 5.11 Å². The third kappa shape index (κ3) is 1.89. The molecular formula is C7H11FO3. The average molecular weight is 162 g/mol. The van der Waals surface area contributed by atoms with Crippen LogP contribution in [-0.4, -0.2) is 17.2 Å². The summed E-state index contributed by atoms with van der Waals surface area (Å²) in [5.74, 6) is -1.60. The van der Waals surface area contributed by atoms with Gasteiger partial charge in [0.05, 0.1) is 5.92 Å². The van der Waals surface area contributed by atoms with E-state index in [2.05, 4.69) is 4.94 Å². The molecule has 2 unspecified atom stereocenters. The molecule has 0 saturated heterocycles. The molecule has 4 heteroatoms. The summed E-state index contributed by atoms with van der Waals surface area (Å²) in [7, 11) is 0. The van der Waals surface area contributed by atoms with Crippen LogP contribution >= 0.6 is 0 Å². The number of carbonyl (C=O) groups is 1. The van der Waals surface area contributed by atoms with E-state index in [1.54, 1.807) is 0 Å². The largest absolute Gasteiger partial charge is 0.481 e. The Kier molecular flexibility index (Phi) is 2.82. The number of hydrogen-bond acceptors (Lipinski definition) is 2. The Morgan fingerprint density at radius 2 is 2.09 bits per heavy atom. The second-order valence-corrected chi connectivity index (χ2v) is 2.86. The molecule has 1 saturated carbocycles.